The maximum absolute atomic E-state index is 12.9. The van der Waals surface area contributed by atoms with Gasteiger partial charge in [0.05, 0.1) is 12.7 Å². The molecule has 3 rings (SSSR count). The van der Waals surface area contributed by atoms with Crippen molar-refractivity contribution < 1.29 is 9.13 Å². The summed E-state index contributed by atoms with van der Waals surface area (Å²) in [6, 6.07) is 6.65. The molecule has 2 nitrogen and oxygen atoms in total. The molecule has 1 saturated carbocycles. The van der Waals surface area contributed by atoms with Crippen LogP contribution in [-0.4, -0.2) is 18.7 Å². The van der Waals surface area contributed by atoms with Crippen molar-refractivity contribution in [3.05, 3.63) is 35.6 Å². The molecular formula is C15H20FNO. The summed E-state index contributed by atoms with van der Waals surface area (Å²) < 4.78 is 18.9. The lowest BCUT2D eigenvalue weighted by Gasteiger charge is -2.43. The number of morpholine rings is 1. The van der Waals surface area contributed by atoms with Crippen LogP contribution in [-0.2, 0) is 4.74 Å². The third-order valence-electron chi connectivity index (χ3n) is 4.28. The van der Waals surface area contributed by atoms with E-state index in [2.05, 4.69) is 5.32 Å². The molecule has 1 aromatic carbocycles. The predicted molar refractivity (Wildman–Crippen MR) is 68.9 cm³/mol. The molecule has 98 valence electrons. The van der Waals surface area contributed by atoms with E-state index in [9.17, 15) is 4.39 Å². The Balaban J connectivity index is 1.64. The summed E-state index contributed by atoms with van der Waals surface area (Å²) in [5.74, 6) is -0.189. The van der Waals surface area contributed by atoms with Gasteiger partial charge < -0.3 is 10.1 Å². The molecule has 0 bridgehead atoms. The molecular weight excluding hydrogens is 229 g/mol. The Morgan fingerprint density at radius 1 is 1.11 bits per heavy atom. The quantitative estimate of drug-likeness (QED) is 0.825. The Morgan fingerprint density at radius 3 is 2.44 bits per heavy atom. The van der Waals surface area contributed by atoms with Crippen LogP contribution in [0.4, 0.5) is 4.39 Å². The van der Waals surface area contributed by atoms with E-state index in [0.717, 1.165) is 18.7 Å². The molecule has 0 aromatic heterocycles. The van der Waals surface area contributed by atoms with Crippen molar-refractivity contribution in [1.29, 1.82) is 0 Å². The molecule has 2 aliphatic rings. The average Bonchev–Trinajstić information content (AvgIpc) is 2.42. The van der Waals surface area contributed by atoms with E-state index in [1.54, 1.807) is 0 Å². The number of nitrogens with one attached hydrogen (secondary N) is 1. The fourth-order valence-corrected chi connectivity index (χ4v) is 3.12. The number of hydrogen-bond acceptors (Lipinski definition) is 2. The highest BCUT2D eigenvalue weighted by Gasteiger charge is 2.36. The zero-order chi connectivity index (χ0) is 12.4. The Labute approximate surface area is 108 Å². The second-order valence-corrected chi connectivity index (χ2v) is 5.57. The van der Waals surface area contributed by atoms with Gasteiger partial charge in [0.25, 0.3) is 0 Å². The van der Waals surface area contributed by atoms with Crippen molar-refractivity contribution in [2.75, 3.05) is 13.2 Å². The molecule has 2 fully saturated rings. The molecule has 1 saturated heterocycles. The minimum Gasteiger partial charge on any atom is -0.370 e. The van der Waals surface area contributed by atoms with Gasteiger partial charge in [0, 0.05) is 12.1 Å². The van der Waals surface area contributed by atoms with Crippen LogP contribution in [0.3, 0.4) is 0 Å². The third kappa shape index (κ3) is 2.43. The van der Waals surface area contributed by atoms with E-state index in [1.165, 1.54) is 44.2 Å². The minimum absolute atomic E-state index is 0.0677. The lowest BCUT2D eigenvalue weighted by Crippen LogP contribution is -2.55. The minimum atomic E-state index is -0.189. The summed E-state index contributed by atoms with van der Waals surface area (Å²) in [5, 5.41) is 3.68. The van der Waals surface area contributed by atoms with Crippen LogP contribution in [0.25, 0.3) is 0 Å². The van der Waals surface area contributed by atoms with Crippen molar-refractivity contribution in [3.63, 3.8) is 0 Å². The van der Waals surface area contributed by atoms with E-state index in [1.807, 2.05) is 12.1 Å². The standard InChI is InChI=1S/C15H20FNO/c16-13-6-4-12(5-7-13)14-10-17-15(11-18-14)8-2-1-3-9-15/h4-7,14,17H,1-3,8-11H2. The van der Waals surface area contributed by atoms with Crippen LogP contribution in [0, 0.1) is 5.82 Å². The first kappa shape index (κ1) is 12.1. The molecule has 1 spiro atoms. The molecule has 1 atom stereocenters. The molecule has 1 aliphatic heterocycles. The molecule has 0 radical (unpaired) electrons. The first-order valence-electron chi connectivity index (χ1n) is 6.90. The van der Waals surface area contributed by atoms with E-state index in [0.29, 0.717) is 0 Å². The Hall–Kier alpha value is -0.930. The second kappa shape index (κ2) is 4.98. The van der Waals surface area contributed by atoms with Gasteiger partial charge in [-0.1, -0.05) is 31.4 Å². The van der Waals surface area contributed by atoms with E-state index in [-0.39, 0.29) is 17.5 Å². The van der Waals surface area contributed by atoms with Crippen LogP contribution >= 0.6 is 0 Å². The molecule has 0 amide bonds. The van der Waals surface area contributed by atoms with Crippen molar-refractivity contribution >= 4 is 0 Å². The third-order valence-corrected chi connectivity index (χ3v) is 4.28. The molecule has 1 heterocycles. The first-order chi connectivity index (χ1) is 8.77. The van der Waals surface area contributed by atoms with Crippen LogP contribution in [0.1, 0.15) is 43.8 Å². The summed E-state index contributed by atoms with van der Waals surface area (Å²) in [6.07, 6.45) is 6.48. The van der Waals surface area contributed by atoms with Gasteiger partial charge in [-0.2, -0.15) is 0 Å². The fourth-order valence-electron chi connectivity index (χ4n) is 3.12. The zero-order valence-corrected chi connectivity index (χ0v) is 10.6. The van der Waals surface area contributed by atoms with Gasteiger partial charge in [-0.05, 0) is 30.5 Å². The molecule has 1 unspecified atom stereocenters. The molecule has 18 heavy (non-hydrogen) atoms. The summed E-state index contributed by atoms with van der Waals surface area (Å²) in [7, 11) is 0. The van der Waals surface area contributed by atoms with Crippen molar-refractivity contribution in [2.24, 2.45) is 0 Å². The monoisotopic (exact) mass is 249 g/mol. The number of benzene rings is 1. The van der Waals surface area contributed by atoms with Gasteiger partial charge in [0.2, 0.25) is 0 Å². The second-order valence-electron chi connectivity index (χ2n) is 5.57. The van der Waals surface area contributed by atoms with Gasteiger partial charge in [0.15, 0.2) is 0 Å². The van der Waals surface area contributed by atoms with Crippen LogP contribution in [0.5, 0.6) is 0 Å². The predicted octanol–water partition coefficient (Wildman–Crippen LogP) is 3.19. The SMILES string of the molecule is Fc1ccc(C2CNC3(CCCCC3)CO2)cc1. The topological polar surface area (TPSA) is 21.3 Å². The maximum atomic E-state index is 12.9. The zero-order valence-electron chi connectivity index (χ0n) is 10.6. The van der Waals surface area contributed by atoms with Gasteiger partial charge in [-0.3, -0.25) is 0 Å². The first-order valence-corrected chi connectivity index (χ1v) is 6.90. The Kier molecular flexibility index (Phi) is 3.35. The lowest BCUT2D eigenvalue weighted by molar-refractivity contribution is -0.0467. The van der Waals surface area contributed by atoms with Crippen LogP contribution < -0.4 is 5.32 Å². The number of halogens is 1. The maximum Gasteiger partial charge on any atom is 0.123 e. The number of hydrogen-bond donors (Lipinski definition) is 1. The van der Waals surface area contributed by atoms with Crippen LogP contribution in [0.2, 0.25) is 0 Å². The summed E-state index contributed by atoms with van der Waals surface area (Å²) in [5.41, 5.74) is 1.28. The molecule has 1 aliphatic carbocycles. The molecule has 1 aromatic rings. The van der Waals surface area contributed by atoms with Crippen molar-refractivity contribution in [3.8, 4) is 0 Å². The summed E-state index contributed by atoms with van der Waals surface area (Å²) in [4.78, 5) is 0. The number of ether oxygens (including phenoxy) is 1. The van der Waals surface area contributed by atoms with Crippen LogP contribution in [0.15, 0.2) is 24.3 Å². The number of rotatable bonds is 1. The van der Waals surface area contributed by atoms with Gasteiger partial charge in [-0.15, -0.1) is 0 Å². The Bertz CT molecular complexity index is 387. The van der Waals surface area contributed by atoms with Crippen molar-refractivity contribution in [2.45, 2.75) is 43.7 Å². The average molecular weight is 249 g/mol. The highest BCUT2D eigenvalue weighted by atomic mass is 19.1. The fraction of sp³-hybridized carbons (Fsp3) is 0.600. The summed E-state index contributed by atoms with van der Waals surface area (Å²) >= 11 is 0. The van der Waals surface area contributed by atoms with E-state index in [4.69, 9.17) is 4.74 Å². The van der Waals surface area contributed by atoms with E-state index < -0.39 is 0 Å². The Morgan fingerprint density at radius 2 is 1.83 bits per heavy atom. The van der Waals surface area contributed by atoms with Crippen molar-refractivity contribution in [1.82, 2.24) is 5.32 Å². The highest BCUT2D eigenvalue weighted by Crippen LogP contribution is 2.33. The van der Waals surface area contributed by atoms with E-state index >= 15 is 0 Å². The van der Waals surface area contributed by atoms with Gasteiger partial charge in [0.1, 0.15) is 5.82 Å². The highest BCUT2D eigenvalue weighted by molar-refractivity contribution is 5.20. The smallest absolute Gasteiger partial charge is 0.123 e. The molecule has 3 heteroatoms. The van der Waals surface area contributed by atoms with Gasteiger partial charge in [-0.25, -0.2) is 4.39 Å². The molecule has 1 N–H and O–H groups in total. The largest absolute Gasteiger partial charge is 0.370 e. The van der Waals surface area contributed by atoms with Gasteiger partial charge >= 0.3 is 0 Å². The normalized spacial score (nSPS) is 27.3. The summed E-state index contributed by atoms with van der Waals surface area (Å²) in [6.45, 7) is 1.63. The lowest BCUT2D eigenvalue weighted by atomic mass is 9.81.